The number of nitrogens with zero attached hydrogens (tertiary/aromatic N) is 4. The largest absolute Gasteiger partial charge is 0.440 e. The maximum absolute atomic E-state index is 8.21. The molecule has 768 valence electrons. The zero-order chi connectivity index (χ0) is 106. The SMILES string of the molecule is Cc1cc2c(cc1N1c3cc(C(C)(C)C)ccc3B3c4c1cc(-c1ccc([Si](C)(C)CCC5(C)CCC(C)(C)c6cc7oc8c(c7cc65)B5c6cc(C(C)(C)C)ccc6N(c6ccc7c(c6)C(C)(C)CCC7(C)C)c6cc(-c7ccccc7[Si](C)(C)C)cc(c65)N8c5ccc6c(c5)C(C)(C)CCC6(C)C)cc1)cc4N(c1ccc4c(c1)C(C)(C)CCC4(C)C)c1oc4cc5c(cc4c13)C(C)(C)CCC5(C)C)C(C)(C)CCC2(C)C. The lowest BCUT2D eigenvalue weighted by Crippen LogP contribution is -2.61. The third kappa shape index (κ3) is 15.4. The Balaban J connectivity index is 0.680. The van der Waals surface area contributed by atoms with E-state index in [0.29, 0.717) is 0 Å². The van der Waals surface area contributed by atoms with Gasteiger partial charge >= 0.3 is 0 Å². The van der Waals surface area contributed by atoms with Gasteiger partial charge in [0.1, 0.15) is 11.2 Å². The van der Waals surface area contributed by atoms with Crippen LogP contribution in [0.25, 0.3) is 44.2 Å². The molecule has 24 rings (SSSR count). The van der Waals surface area contributed by atoms with Gasteiger partial charge in [0, 0.05) is 78.6 Å². The summed E-state index contributed by atoms with van der Waals surface area (Å²) < 4.78 is 16.2. The van der Waals surface area contributed by atoms with Gasteiger partial charge in [-0.05, 0) is 397 Å². The van der Waals surface area contributed by atoms with Crippen LogP contribution in [0.2, 0.25) is 38.8 Å². The summed E-state index contributed by atoms with van der Waals surface area (Å²) in [5.74, 6) is 1.89. The Morgan fingerprint density at radius 2 is 0.658 bits per heavy atom. The molecule has 0 saturated carbocycles. The first-order valence-corrected chi connectivity index (χ1v) is 64.0. The summed E-state index contributed by atoms with van der Waals surface area (Å²) in [6.45, 7) is 87.1. The quantitative estimate of drug-likeness (QED) is 0.120. The molecule has 149 heavy (non-hydrogen) atoms. The van der Waals surface area contributed by atoms with Crippen molar-refractivity contribution in [1.29, 1.82) is 0 Å². The fourth-order valence-corrected chi connectivity index (χ4v) is 34.1. The first-order valence-electron chi connectivity index (χ1n) is 57.3. The molecule has 6 heterocycles. The number of hydrogen-bond donors (Lipinski definition) is 0. The molecule has 12 aromatic carbocycles. The molecule has 0 bridgehead atoms. The van der Waals surface area contributed by atoms with Crippen LogP contribution < -0.4 is 62.7 Å². The number of rotatable bonds is 11. The molecular weight excluding hydrogens is 1840 g/mol. The predicted octanol–water partition coefficient (Wildman–Crippen LogP) is 34.2. The summed E-state index contributed by atoms with van der Waals surface area (Å²) in [7, 11) is -4.23. The highest BCUT2D eigenvalue weighted by Gasteiger charge is 2.55. The zero-order valence-corrected chi connectivity index (χ0v) is 99.2. The van der Waals surface area contributed by atoms with E-state index < -0.39 is 16.1 Å². The fourth-order valence-electron chi connectivity index (χ4n) is 30.0. The number of benzene rings is 12. The van der Waals surface area contributed by atoms with Gasteiger partial charge in [-0.15, -0.1) is 0 Å². The summed E-state index contributed by atoms with van der Waals surface area (Å²) in [6.07, 6.45) is 14.7. The number of furan rings is 2. The normalized spacial score (nSPS) is 21.0. The highest BCUT2D eigenvalue weighted by atomic mass is 28.3. The minimum Gasteiger partial charge on any atom is -0.440 e. The first kappa shape index (κ1) is 100. The van der Waals surface area contributed by atoms with E-state index in [1.807, 2.05) is 0 Å². The van der Waals surface area contributed by atoms with Crippen molar-refractivity contribution in [2.24, 2.45) is 0 Å². The van der Waals surface area contributed by atoms with E-state index in [9.17, 15) is 0 Å². The van der Waals surface area contributed by atoms with E-state index in [2.05, 4.69) is 460 Å². The van der Waals surface area contributed by atoms with Crippen molar-refractivity contribution in [2.75, 3.05) is 19.6 Å². The van der Waals surface area contributed by atoms with Gasteiger partial charge in [-0.3, -0.25) is 9.80 Å². The van der Waals surface area contributed by atoms with Crippen LogP contribution in [0.5, 0.6) is 0 Å². The van der Waals surface area contributed by atoms with Crippen LogP contribution in [0.4, 0.5) is 68.6 Å². The van der Waals surface area contributed by atoms with E-state index in [-0.39, 0.29) is 89.2 Å². The van der Waals surface area contributed by atoms with Crippen LogP contribution in [0.1, 0.15) is 368 Å². The van der Waals surface area contributed by atoms with Crippen molar-refractivity contribution in [3.05, 3.63) is 284 Å². The Morgan fingerprint density at radius 3 is 1.12 bits per heavy atom. The topological polar surface area (TPSA) is 39.2 Å². The molecule has 10 heteroatoms. The molecule has 10 aliphatic rings. The molecular formula is C139H166B2N4O2Si2. The van der Waals surface area contributed by atoms with Crippen LogP contribution in [0, 0.1) is 6.92 Å². The predicted molar refractivity (Wildman–Crippen MR) is 649 cm³/mol. The van der Waals surface area contributed by atoms with Crippen LogP contribution >= 0.6 is 0 Å². The van der Waals surface area contributed by atoms with E-state index in [1.54, 1.807) is 0 Å². The molecule has 0 N–H and O–H groups in total. The molecule has 4 aliphatic heterocycles. The smallest absolute Gasteiger partial charge is 0.257 e. The number of hydrogen-bond acceptors (Lipinski definition) is 6. The molecule has 0 fully saturated rings. The zero-order valence-electron chi connectivity index (χ0n) is 97.2. The average molecular weight is 2000 g/mol. The molecule has 14 aromatic rings. The Bertz CT molecular complexity index is 8040. The summed E-state index contributed by atoms with van der Waals surface area (Å²) in [6, 6.07) is 85.2. The summed E-state index contributed by atoms with van der Waals surface area (Å²) >= 11 is 0. The van der Waals surface area contributed by atoms with E-state index in [0.717, 1.165) is 124 Å². The van der Waals surface area contributed by atoms with Crippen molar-refractivity contribution < 1.29 is 8.83 Å². The number of aryl methyl sites for hydroxylation is 1. The third-order valence-electron chi connectivity index (χ3n) is 40.9. The van der Waals surface area contributed by atoms with Gasteiger partial charge in [-0.1, -0.05) is 347 Å². The standard InChI is InChI=1S/C139H166B2N4O2Si2/c1-83-68-99-104(136(24,25)62-60-131(99,14)15)80-111(83)145-112-74-88(127(5,6)7)42-52-108(112)140-120-94-78-103-105(137(26,27)63-61-135(103,22)23)81-117(94)146-124(120)143(90-45-50-97-101(76-90)133(18,19)58-55-129(97,10)11)114-69-85(70-116(145)123(114)140)84-40-47-92(48-41-84)149(34,35)67-66-139(30)65-64-138(28,29)106-82-118-95(79-107(106)139)121-125(147-118)144(91-46-51-98-102(77-91)134(20,21)59-56-130(98,12)13)115-72-86(93-38-36-37-39-119(93)148(31,32)33)71-113-122(115)141(121)109-73-87(126(2,3)4)43-53-110(109)142(113)89-44-49-96-100(75-89)132(16,17)57-54-128(96,8)9/h36-53,68-82H,54-67H2,1-35H3. The van der Waals surface area contributed by atoms with Crippen molar-refractivity contribution in [3.63, 3.8) is 0 Å². The van der Waals surface area contributed by atoms with Crippen molar-refractivity contribution in [2.45, 2.75) is 406 Å². The van der Waals surface area contributed by atoms with Crippen molar-refractivity contribution in [3.8, 4) is 22.3 Å². The molecule has 6 nitrogen and oxygen atoms in total. The summed E-state index contributed by atoms with van der Waals surface area (Å²) in [5, 5.41) is 5.46. The van der Waals surface area contributed by atoms with Gasteiger partial charge in [0.05, 0.1) is 16.1 Å². The highest BCUT2D eigenvalue weighted by Crippen LogP contribution is 2.61. The monoisotopic (exact) mass is 2000 g/mol. The van der Waals surface area contributed by atoms with E-state index >= 15 is 0 Å². The second-order valence-electron chi connectivity index (χ2n) is 60.0. The Kier molecular flexibility index (Phi) is 21.8. The molecule has 6 aliphatic carbocycles. The Labute approximate surface area is 896 Å². The van der Waals surface area contributed by atoms with Gasteiger partial charge in [0.2, 0.25) is 11.8 Å². The number of fused-ring (bicyclic) bond motifs is 18. The lowest BCUT2D eigenvalue weighted by atomic mass is 9.33. The van der Waals surface area contributed by atoms with Crippen molar-refractivity contribution >= 4 is 163 Å². The van der Waals surface area contributed by atoms with Gasteiger partial charge in [-0.25, -0.2) is 0 Å². The lowest BCUT2D eigenvalue weighted by Gasteiger charge is -2.46. The van der Waals surface area contributed by atoms with Crippen LogP contribution in [-0.2, 0) is 75.8 Å². The minimum absolute atomic E-state index is 0.0115. The Hall–Kier alpha value is -10.5. The Morgan fingerprint density at radius 1 is 0.289 bits per heavy atom. The van der Waals surface area contributed by atoms with Gasteiger partial charge in [-0.2, -0.15) is 0 Å². The lowest BCUT2D eigenvalue weighted by molar-refractivity contribution is 0.304. The minimum atomic E-state index is -2.28. The summed E-state index contributed by atoms with van der Waals surface area (Å²) in [5.41, 5.74) is 48.1. The molecule has 0 amide bonds. The van der Waals surface area contributed by atoms with Gasteiger partial charge in [0.15, 0.2) is 0 Å². The second-order valence-corrected chi connectivity index (χ2v) is 69.8. The first-order chi connectivity index (χ1) is 69.4. The maximum atomic E-state index is 8.21. The third-order valence-corrected chi connectivity index (χ3v) is 46.4. The van der Waals surface area contributed by atoms with Gasteiger partial charge < -0.3 is 18.6 Å². The molecule has 0 spiro atoms. The maximum Gasteiger partial charge on any atom is 0.257 e. The molecule has 0 radical (unpaired) electrons. The molecule has 1 atom stereocenters. The van der Waals surface area contributed by atoms with E-state index in [1.165, 1.54) is 205 Å². The van der Waals surface area contributed by atoms with Crippen LogP contribution in [-0.4, -0.2) is 29.6 Å². The van der Waals surface area contributed by atoms with Crippen molar-refractivity contribution in [1.82, 2.24) is 0 Å². The molecule has 2 aromatic heterocycles. The average Bonchev–Trinajstić information content (AvgIpc) is 1.59. The van der Waals surface area contributed by atoms with Crippen LogP contribution in [0.15, 0.2) is 209 Å². The van der Waals surface area contributed by atoms with E-state index in [4.69, 9.17) is 8.83 Å². The highest BCUT2D eigenvalue weighted by molar-refractivity contribution is 7.02. The van der Waals surface area contributed by atoms with Crippen LogP contribution in [0.3, 0.4) is 0 Å². The molecule has 0 saturated heterocycles. The van der Waals surface area contributed by atoms with Gasteiger partial charge in [0.25, 0.3) is 13.4 Å². The number of anilines is 12. The summed E-state index contributed by atoms with van der Waals surface area (Å²) in [4.78, 5) is 10.8. The molecule has 1 unspecified atom stereocenters. The fraction of sp³-hybridized carbons (Fsp3) is 0.453. The second kappa shape index (κ2) is 32.3.